The highest BCUT2D eigenvalue weighted by Gasteiger charge is 2.56. The molecule has 0 radical (unpaired) electrons. The Hall–Kier alpha value is -0.370. The van der Waals surface area contributed by atoms with Crippen LogP contribution in [0.3, 0.4) is 0 Å². The molecule has 1 N–H and O–H groups in total. The van der Waals surface area contributed by atoms with Gasteiger partial charge in [-0.25, -0.2) is 0 Å². The summed E-state index contributed by atoms with van der Waals surface area (Å²) in [4.78, 5) is 11.3. The van der Waals surface area contributed by atoms with Crippen LogP contribution in [0.15, 0.2) is 0 Å². The molecule has 0 aromatic carbocycles. The Balaban J connectivity index is 2.33. The Morgan fingerprint density at radius 3 is 2.55 bits per heavy atom. The van der Waals surface area contributed by atoms with Crippen LogP contribution < -0.4 is 0 Å². The van der Waals surface area contributed by atoms with E-state index in [0.717, 1.165) is 6.42 Å². The molecule has 0 spiro atoms. The minimum atomic E-state index is -0.245. The van der Waals surface area contributed by atoms with Gasteiger partial charge >= 0.3 is 0 Å². The Bertz CT molecular complexity index is 208. The molecule has 2 nitrogen and oxygen atoms in total. The fraction of sp³-hybridized carbons (Fsp3) is 0.889. The molecule has 0 saturated heterocycles. The molecule has 2 fully saturated rings. The number of carbonyl (C=O) groups excluding carboxylic acids is 1. The molecule has 2 saturated carbocycles. The summed E-state index contributed by atoms with van der Waals surface area (Å²) in [7, 11) is 0. The lowest BCUT2D eigenvalue weighted by Gasteiger charge is -2.33. The zero-order valence-corrected chi connectivity index (χ0v) is 7.00. The quantitative estimate of drug-likeness (QED) is 0.564. The van der Waals surface area contributed by atoms with Gasteiger partial charge < -0.3 is 5.11 Å². The molecule has 2 rings (SSSR count). The average molecular weight is 154 g/mol. The van der Waals surface area contributed by atoms with Gasteiger partial charge in [0.25, 0.3) is 0 Å². The van der Waals surface area contributed by atoms with Crippen molar-refractivity contribution in [2.24, 2.45) is 17.3 Å². The number of hydrogen-bond acceptors (Lipinski definition) is 2. The molecule has 3 unspecified atom stereocenters. The Labute approximate surface area is 66.6 Å². The van der Waals surface area contributed by atoms with Crippen LogP contribution in [-0.4, -0.2) is 17.0 Å². The Kier molecular flexibility index (Phi) is 1.23. The molecule has 0 aromatic heterocycles. The van der Waals surface area contributed by atoms with E-state index >= 15 is 0 Å². The number of aliphatic hydroxyl groups is 1. The van der Waals surface area contributed by atoms with Crippen molar-refractivity contribution in [2.75, 3.05) is 0 Å². The fourth-order valence-electron chi connectivity index (χ4n) is 2.69. The summed E-state index contributed by atoms with van der Waals surface area (Å²) < 4.78 is 0. The Morgan fingerprint density at radius 2 is 2.18 bits per heavy atom. The second-order valence-electron chi connectivity index (χ2n) is 4.49. The topological polar surface area (TPSA) is 37.3 Å². The van der Waals surface area contributed by atoms with Gasteiger partial charge in [0.05, 0.1) is 6.10 Å². The van der Waals surface area contributed by atoms with E-state index in [4.69, 9.17) is 0 Å². The molecular formula is C9H14O2. The molecule has 62 valence electrons. The standard InChI is InChI=1S/C9H14O2/c1-9(2)6-3-5(8(9)11)4-7(6)10/h5-6,8,11H,3-4H2,1-2H3. The van der Waals surface area contributed by atoms with E-state index in [9.17, 15) is 9.90 Å². The van der Waals surface area contributed by atoms with E-state index in [1.54, 1.807) is 0 Å². The number of aliphatic hydroxyl groups excluding tert-OH is 1. The second kappa shape index (κ2) is 1.86. The number of rotatable bonds is 0. The maximum atomic E-state index is 11.3. The first kappa shape index (κ1) is 7.29. The predicted molar refractivity (Wildman–Crippen MR) is 41.0 cm³/mol. The van der Waals surface area contributed by atoms with Crippen LogP contribution in [-0.2, 0) is 4.79 Å². The molecule has 0 amide bonds. The van der Waals surface area contributed by atoms with Gasteiger partial charge in [-0.3, -0.25) is 4.79 Å². The van der Waals surface area contributed by atoms with Crippen LogP contribution in [0.5, 0.6) is 0 Å². The summed E-state index contributed by atoms with van der Waals surface area (Å²) in [6, 6.07) is 0. The monoisotopic (exact) mass is 154 g/mol. The molecular weight excluding hydrogens is 140 g/mol. The van der Waals surface area contributed by atoms with Gasteiger partial charge in [-0.2, -0.15) is 0 Å². The average Bonchev–Trinajstić information content (AvgIpc) is 2.35. The fourth-order valence-corrected chi connectivity index (χ4v) is 2.69. The van der Waals surface area contributed by atoms with Gasteiger partial charge in [0.1, 0.15) is 5.78 Å². The van der Waals surface area contributed by atoms with E-state index in [-0.39, 0.29) is 23.4 Å². The summed E-state index contributed by atoms with van der Waals surface area (Å²) in [5.74, 6) is 0.773. The molecule has 0 heterocycles. The van der Waals surface area contributed by atoms with Gasteiger partial charge in [0.2, 0.25) is 0 Å². The maximum Gasteiger partial charge on any atom is 0.136 e. The summed E-state index contributed by atoms with van der Waals surface area (Å²) in [6.45, 7) is 4.00. The molecule has 2 bridgehead atoms. The highest BCUT2D eigenvalue weighted by Crippen LogP contribution is 2.53. The van der Waals surface area contributed by atoms with Gasteiger partial charge in [-0.05, 0) is 12.3 Å². The van der Waals surface area contributed by atoms with Crippen molar-refractivity contribution in [3.05, 3.63) is 0 Å². The maximum absolute atomic E-state index is 11.3. The van der Waals surface area contributed by atoms with Crippen LogP contribution in [0.2, 0.25) is 0 Å². The molecule has 3 atom stereocenters. The second-order valence-corrected chi connectivity index (χ2v) is 4.49. The van der Waals surface area contributed by atoms with Crippen molar-refractivity contribution in [3.8, 4) is 0 Å². The number of carbonyl (C=O) groups is 1. The van der Waals surface area contributed by atoms with E-state index in [1.807, 2.05) is 13.8 Å². The number of fused-ring (bicyclic) bond motifs is 2. The van der Waals surface area contributed by atoms with Crippen LogP contribution in [0.25, 0.3) is 0 Å². The number of Topliss-reactive ketones (excluding diaryl/α,β-unsaturated/α-hetero) is 1. The largest absolute Gasteiger partial charge is 0.392 e. The smallest absolute Gasteiger partial charge is 0.136 e. The van der Waals surface area contributed by atoms with E-state index < -0.39 is 0 Å². The lowest BCUT2D eigenvalue weighted by Crippen LogP contribution is -2.39. The van der Waals surface area contributed by atoms with E-state index in [0.29, 0.717) is 12.2 Å². The van der Waals surface area contributed by atoms with E-state index in [2.05, 4.69) is 0 Å². The van der Waals surface area contributed by atoms with Crippen LogP contribution in [0.4, 0.5) is 0 Å². The molecule has 0 aromatic rings. The van der Waals surface area contributed by atoms with Crippen LogP contribution in [0, 0.1) is 17.3 Å². The summed E-state index contributed by atoms with van der Waals surface area (Å²) >= 11 is 0. The van der Waals surface area contributed by atoms with Gasteiger partial charge in [-0.1, -0.05) is 13.8 Å². The highest BCUT2D eigenvalue weighted by molar-refractivity contribution is 5.85. The predicted octanol–water partition coefficient (Wildman–Crippen LogP) is 0.982. The van der Waals surface area contributed by atoms with Crippen molar-refractivity contribution in [1.29, 1.82) is 0 Å². The zero-order valence-electron chi connectivity index (χ0n) is 7.00. The van der Waals surface area contributed by atoms with Gasteiger partial charge in [0, 0.05) is 17.8 Å². The lowest BCUT2D eigenvalue weighted by atomic mass is 9.74. The molecule has 11 heavy (non-hydrogen) atoms. The van der Waals surface area contributed by atoms with Crippen molar-refractivity contribution in [3.63, 3.8) is 0 Å². The Morgan fingerprint density at radius 1 is 1.55 bits per heavy atom. The van der Waals surface area contributed by atoms with Crippen molar-refractivity contribution >= 4 is 5.78 Å². The summed E-state index contributed by atoms with van der Waals surface area (Å²) in [5.41, 5.74) is -0.153. The van der Waals surface area contributed by atoms with E-state index in [1.165, 1.54) is 0 Å². The first-order chi connectivity index (χ1) is 5.03. The molecule has 2 aliphatic rings. The number of hydrogen-bond donors (Lipinski definition) is 1. The van der Waals surface area contributed by atoms with Crippen LogP contribution >= 0.6 is 0 Å². The number of ketones is 1. The van der Waals surface area contributed by atoms with Gasteiger partial charge in [-0.15, -0.1) is 0 Å². The zero-order chi connectivity index (χ0) is 8.22. The van der Waals surface area contributed by atoms with Crippen molar-refractivity contribution in [1.82, 2.24) is 0 Å². The highest BCUT2D eigenvalue weighted by atomic mass is 16.3. The SMILES string of the molecule is CC1(C)C2CC(CC2=O)C1O. The normalized spacial score (nSPS) is 46.8. The molecule has 0 aliphatic heterocycles. The summed E-state index contributed by atoms with van der Waals surface area (Å²) in [6.07, 6.45) is 1.30. The minimum Gasteiger partial charge on any atom is -0.392 e. The van der Waals surface area contributed by atoms with Crippen molar-refractivity contribution < 1.29 is 9.90 Å². The lowest BCUT2D eigenvalue weighted by molar-refractivity contribution is -0.129. The first-order valence-corrected chi connectivity index (χ1v) is 4.24. The third-order valence-corrected chi connectivity index (χ3v) is 3.50. The third kappa shape index (κ3) is 0.734. The van der Waals surface area contributed by atoms with Gasteiger partial charge in [0.15, 0.2) is 0 Å². The van der Waals surface area contributed by atoms with Crippen LogP contribution in [0.1, 0.15) is 26.7 Å². The minimum absolute atomic E-state index is 0.141. The molecule has 2 heteroatoms. The first-order valence-electron chi connectivity index (χ1n) is 4.24. The van der Waals surface area contributed by atoms with Crippen molar-refractivity contribution in [2.45, 2.75) is 32.8 Å². The summed E-state index contributed by atoms with van der Waals surface area (Å²) in [5, 5.41) is 9.71. The third-order valence-electron chi connectivity index (χ3n) is 3.50. The molecule has 2 aliphatic carbocycles.